The fourth-order valence-electron chi connectivity index (χ4n) is 1.43. The van der Waals surface area contributed by atoms with Crippen LogP contribution >= 0.6 is 27.3 Å². The average molecular weight is 313 g/mol. The van der Waals surface area contributed by atoms with Crippen LogP contribution in [0.15, 0.2) is 28.7 Å². The van der Waals surface area contributed by atoms with Crippen LogP contribution in [0.5, 0.6) is 0 Å². The predicted molar refractivity (Wildman–Crippen MR) is 70.5 cm³/mol. The van der Waals surface area contributed by atoms with Gasteiger partial charge in [0.05, 0.1) is 11.5 Å². The minimum Gasteiger partial charge on any atom is -0.460 e. The number of fused-ring (bicyclic) bond motifs is 1. The molecule has 0 amide bonds. The van der Waals surface area contributed by atoms with Gasteiger partial charge in [-0.2, -0.15) is 0 Å². The van der Waals surface area contributed by atoms with Gasteiger partial charge in [-0.15, -0.1) is 11.3 Å². The van der Waals surface area contributed by atoms with Crippen LogP contribution in [0.25, 0.3) is 10.1 Å². The van der Waals surface area contributed by atoms with Crippen molar-refractivity contribution in [2.24, 2.45) is 0 Å². The highest BCUT2D eigenvalue weighted by Crippen LogP contribution is 2.31. The number of ketones is 1. The molecule has 0 unspecified atom stereocenters. The molecule has 2 aromatic rings. The van der Waals surface area contributed by atoms with E-state index in [1.807, 2.05) is 18.2 Å². The molecule has 0 aliphatic rings. The van der Waals surface area contributed by atoms with E-state index in [2.05, 4.69) is 15.9 Å². The lowest BCUT2D eigenvalue weighted by Crippen LogP contribution is -2.16. The Labute approximate surface area is 111 Å². The van der Waals surface area contributed by atoms with E-state index in [4.69, 9.17) is 4.74 Å². The summed E-state index contributed by atoms with van der Waals surface area (Å²) >= 11 is 4.70. The van der Waals surface area contributed by atoms with Gasteiger partial charge >= 0.3 is 5.97 Å². The molecule has 0 fully saturated rings. The minimum atomic E-state index is -0.796. The van der Waals surface area contributed by atoms with Gasteiger partial charge < -0.3 is 4.74 Å². The monoisotopic (exact) mass is 312 g/mol. The number of esters is 1. The van der Waals surface area contributed by atoms with Crippen molar-refractivity contribution in [2.45, 2.75) is 6.92 Å². The molecule has 0 N–H and O–H groups in total. The second kappa shape index (κ2) is 4.98. The zero-order valence-electron chi connectivity index (χ0n) is 9.03. The Bertz CT molecular complexity index is 588. The highest BCUT2D eigenvalue weighted by Gasteiger charge is 2.20. The lowest BCUT2D eigenvalue weighted by Gasteiger charge is -1.97. The van der Waals surface area contributed by atoms with Crippen LogP contribution in [0, 0.1) is 0 Å². The predicted octanol–water partition coefficient (Wildman–Crippen LogP) is 3.41. The van der Waals surface area contributed by atoms with Crippen molar-refractivity contribution in [3.63, 3.8) is 0 Å². The van der Waals surface area contributed by atoms with Gasteiger partial charge in [-0.25, -0.2) is 4.79 Å². The summed E-state index contributed by atoms with van der Waals surface area (Å²) in [5, 5.41) is 0.935. The largest absolute Gasteiger partial charge is 0.460 e. The first kappa shape index (κ1) is 12.3. The van der Waals surface area contributed by atoms with Crippen LogP contribution in [0.3, 0.4) is 0 Å². The van der Waals surface area contributed by atoms with E-state index in [-0.39, 0.29) is 6.61 Å². The number of carbonyl (C=O) groups excluding carboxylic acids is 2. The molecule has 0 aliphatic heterocycles. The molecule has 5 heteroatoms. The number of hydrogen-bond acceptors (Lipinski definition) is 4. The fraction of sp³-hybridized carbons (Fsp3) is 0.167. The van der Waals surface area contributed by atoms with Gasteiger partial charge in [-0.1, -0.05) is 22.0 Å². The highest BCUT2D eigenvalue weighted by atomic mass is 79.9. The SMILES string of the molecule is CCOC(=O)C(=O)c1cc2c(Br)cccc2s1. The molecule has 0 aliphatic carbocycles. The first-order chi connectivity index (χ1) is 8.13. The van der Waals surface area contributed by atoms with Gasteiger partial charge in [0.2, 0.25) is 0 Å². The maximum absolute atomic E-state index is 11.7. The number of Topliss-reactive ketones (excluding diaryl/α,β-unsaturated/α-hetero) is 1. The molecule has 88 valence electrons. The van der Waals surface area contributed by atoms with Gasteiger partial charge in [-0.05, 0) is 25.1 Å². The standard InChI is InChI=1S/C12H9BrO3S/c1-2-16-12(15)11(14)10-6-7-8(13)4-3-5-9(7)17-10/h3-6H,2H2,1H3. The van der Waals surface area contributed by atoms with Gasteiger partial charge in [0.25, 0.3) is 5.78 Å². The fourth-order valence-corrected chi connectivity index (χ4v) is 3.06. The van der Waals surface area contributed by atoms with Crippen LogP contribution < -0.4 is 0 Å². The normalized spacial score (nSPS) is 10.5. The highest BCUT2D eigenvalue weighted by molar-refractivity contribution is 9.10. The number of benzene rings is 1. The van der Waals surface area contributed by atoms with E-state index in [9.17, 15) is 9.59 Å². The molecule has 0 saturated carbocycles. The summed E-state index contributed by atoms with van der Waals surface area (Å²) in [5.74, 6) is -1.38. The third-order valence-corrected chi connectivity index (χ3v) is 3.98. The third kappa shape index (κ3) is 2.40. The molecular weight excluding hydrogens is 304 g/mol. The molecule has 0 bridgehead atoms. The number of thiophene rings is 1. The smallest absolute Gasteiger partial charge is 0.380 e. The van der Waals surface area contributed by atoms with E-state index in [1.54, 1.807) is 13.0 Å². The van der Waals surface area contributed by atoms with E-state index >= 15 is 0 Å². The van der Waals surface area contributed by atoms with E-state index in [1.165, 1.54) is 11.3 Å². The summed E-state index contributed by atoms with van der Waals surface area (Å²) in [5.41, 5.74) is 0. The zero-order chi connectivity index (χ0) is 12.4. The molecule has 17 heavy (non-hydrogen) atoms. The van der Waals surface area contributed by atoms with Crippen LogP contribution in [0.1, 0.15) is 16.6 Å². The second-order valence-electron chi connectivity index (χ2n) is 3.31. The molecule has 2 rings (SSSR count). The van der Waals surface area contributed by atoms with Crippen molar-refractivity contribution in [3.05, 3.63) is 33.6 Å². The van der Waals surface area contributed by atoms with Crippen molar-refractivity contribution < 1.29 is 14.3 Å². The average Bonchev–Trinajstić information content (AvgIpc) is 2.73. The van der Waals surface area contributed by atoms with E-state index in [0.717, 1.165) is 14.6 Å². The Morgan fingerprint density at radius 1 is 1.41 bits per heavy atom. The molecule has 1 aromatic carbocycles. The number of hydrogen-bond donors (Lipinski definition) is 0. The van der Waals surface area contributed by atoms with Gasteiger partial charge in [-0.3, -0.25) is 4.79 Å². The van der Waals surface area contributed by atoms with Crippen molar-refractivity contribution in [1.82, 2.24) is 0 Å². The van der Waals surface area contributed by atoms with Gasteiger partial charge in [0, 0.05) is 14.6 Å². The first-order valence-electron chi connectivity index (χ1n) is 5.03. The number of ether oxygens (including phenoxy) is 1. The quantitative estimate of drug-likeness (QED) is 0.495. The van der Waals surface area contributed by atoms with Crippen LogP contribution in [0.4, 0.5) is 0 Å². The molecule has 3 nitrogen and oxygen atoms in total. The first-order valence-corrected chi connectivity index (χ1v) is 6.64. The molecule has 0 atom stereocenters. The Morgan fingerprint density at radius 3 is 2.82 bits per heavy atom. The van der Waals surface area contributed by atoms with Crippen molar-refractivity contribution in [1.29, 1.82) is 0 Å². The summed E-state index contributed by atoms with van der Waals surface area (Å²) in [7, 11) is 0. The summed E-state index contributed by atoms with van der Waals surface area (Å²) in [6, 6.07) is 7.41. The van der Waals surface area contributed by atoms with Crippen molar-refractivity contribution in [3.8, 4) is 0 Å². The summed E-state index contributed by atoms with van der Waals surface area (Å²) in [6.07, 6.45) is 0. The molecule has 1 aromatic heterocycles. The Morgan fingerprint density at radius 2 is 2.18 bits per heavy atom. The number of carbonyl (C=O) groups is 2. The maximum Gasteiger partial charge on any atom is 0.380 e. The number of halogens is 1. The second-order valence-corrected chi connectivity index (χ2v) is 5.25. The van der Waals surface area contributed by atoms with Crippen molar-refractivity contribution in [2.75, 3.05) is 6.61 Å². The third-order valence-electron chi connectivity index (χ3n) is 2.19. The Hall–Kier alpha value is -1.20. The molecule has 1 heterocycles. The van der Waals surface area contributed by atoms with Crippen LogP contribution in [-0.2, 0) is 9.53 Å². The summed E-state index contributed by atoms with van der Waals surface area (Å²) in [4.78, 5) is 23.5. The summed E-state index contributed by atoms with van der Waals surface area (Å²) < 4.78 is 6.57. The maximum atomic E-state index is 11.7. The lowest BCUT2D eigenvalue weighted by molar-refractivity contribution is -0.137. The topological polar surface area (TPSA) is 43.4 Å². The molecule has 0 spiro atoms. The van der Waals surface area contributed by atoms with Crippen LogP contribution in [0.2, 0.25) is 0 Å². The number of rotatable bonds is 3. The lowest BCUT2D eigenvalue weighted by atomic mass is 10.2. The molecule has 0 saturated heterocycles. The van der Waals surface area contributed by atoms with Gasteiger partial charge in [0.1, 0.15) is 0 Å². The van der Waals surface area contributed by atoms with E-state index in [0.29, 0.717) is 4.88 Å². The minimum absolute atomic E-state index is 0.208. The molecule has 0 radical (unpaired) electrons. The van der Waals surface area contributed by atoms with Crippen molar-refractivity contribution >= 4 is 49.1 Å². The molecular formula is C12H9BrO3S. The Balaban J connectivity index is 2.40. The van der Waals surface area contributed by atoms with Gasteiger partial charge in [0.15, 0.2) is 0 Å². The Kier molecular flexibility index (Phi) is 3.59. The van der Waals surface area contributed by atoms with E-state index < -0.39 is 11.8 Å². The van der Waals surface area contributed by atoms with Crippen LogP contribution in [-0.4, -0.2) is 18.4 Å². The summed E-state index contributed by atoms with van der Waals surface area (Å²) in [6.45, 7) is 1.88. The zero-order valence-corrected chi connectivity index (χ0v) is 11.4.